The largest absolute Gasteiger partial charge is 0.508 e. The van der Waals surface area contributed by atoms with Crippen LogP contribution < -0.4 is 4.72 Å². The first-order valence-corrected chi connectivity index (χ1v) is 9.89. The maximum Gasteiger partial charge on any atom is 0.261 e. The molecule has 0 amide bonds. The highest BCUT2D eigenvalue weighted by Gasteiger charge is 2.15. The molecule has 0 fully saturated rings. The van der Waals surface area contributed by atoms with Crippen molar-refractivity contribution in [2.45, 2.75) is 4.90 Å². The van der Waals surface area contributed by atoms with Crippen LogP contribution in [-0.2, 0) is 10.0 Å². The van der Waals surface area contributed by atoms with Gasteiger partial charge in [-0.2, -0.15) is 0 Å². The first kappa shape index (κ1) is 20.0. The lowest BCUT2D eigenvalue weighted by Gasteiger charge is -2.09. The predicted molar refractivity (Wildman–Crippen MR) is 108 cm³/mol. The Kier molecular flexibility index (Phi) is 5.56. The number of phenolic OH excluding ortho intramolecular Hbond substituents is 3. The standard InChI is InChI=1S/C21H17NO6S/c23-17-5-8-19(9-6-17)29(27,28)22-16-3-1-2-14(12-16)20(25)10-4-15-13-18(24)7-11-21(15)26/h1-13,22-24,26H/b10-4+. The summed E-state index contributed by atoms with van der Waals surface area (Å²) < 4.78 is 27.2. The molecule has 4 N–H and O–H groups in total. The van der Waals surface area contributed by atoms with Crippen molar-refractivity contribution in [3.8, 4) is 17.2 Å². The minimum Gasteiger partial charge on any atom is -0.508 e. The normalized spacial score (nSPS) is 11.4. The van der Waals surface area contributed by atoms with Gasteiger partial charge in [-0.05, 0) is 66.7 Å². The van der Waals surface area contributed by atoms with Gasteiger partial charge in [-0.3, -0.25) is 9.52 Å². The molecule has 3 aromatic carbocycles. The molecule has 0 aromatic heterocycles. The van der Waals surface area contributed by atoms with Crippen LogP contribution in [-0.4, -0.2) is 29.5 Å². The van der Waals surface area contributed by atoms with Gasteiger partial charge in [0.05, 0.1) is 4.90 Å². The molecular formula is C21H17NO6S. The topological polar surface area (TPSA) is 124 Å². The lowest BCUT2D eigenvalue weighted by molar-refractivity contribution is 0.104. The molecule has 3 aromatic rings. The van der Waals surface area contributed by atoms with Crippen LogP contribution in [0.1, 0.15) is 15.9 Å². The summed E-state index contributed by atoms with van der Waals surface area (Å²) in [5, 5.41) is 28.5. The molecule has 0 heterocycles. The van der Waals surface area contributed by atoms with Gasteiger partial charge in [0.25, 0.3) is 10.0 Å². The van der Waals surface area contributed by atoms with Crippen molar-refractivity contribution in [3.05, 3.63) is 83.9 Å². The SMILES string of the molecule is O=C(/C=C/c1cc(O)ccc1O)c1cccc(NS(=O)(=O)c2ccc(O)cc2)c1. The second-order valence-electron chi connectivity index (χ2n) is 6.12. The average molecular weight is 411 g/mol. The Morgan fingerprint density at radius 2 is 1.55 bits per heavy atom. The zero-order chi connectivity index (χ0) is 21.0. The molecule has 7 nitrogen and oxygen atoms in total. The van der Waals surface area contributed by atoms with E-state index >= 15 is 0 Å². The van der Waals surface area contributed by atoms with E-state index in [0.29, 0.717) is 0 Å². The molecule has 3 rings (SSSR count). The zero-order valence-corrected chi connectivity index (χ0v) is 15.8. The number of carbonyl (C=O) groups excluding carboxylic acids is 1. The van der Waals surface area contributed by atoms with E-state index in [1.54, 1.807) is 0 Å². The Hall–Kier alpha value is -3.78. The van der Waals surface area contributed by atoms with Gasteiger partial charge >= 0.3 is 0 Å². The summed E-state index contributed by atoms with van der Waals surface area (Å²) in [6.07, 6.45) is 2.56. The van der Waals surface area contributed by atoms with Gasteiger partial charge in [0.1, 0.15) is 17.2 Å². The summed E-state index contributed by atoms with van der Waals surface area (Å²) in [7, 11) is -3.89. The van der Waals surface area contributed by atoms with Crippen LogP contribution in [0.4, 0.5) is 5.69 Å². The number of hydrogen-bond acceptors (Lipinski definition) is 6. The van der Waals surface area contributed by atoms with Gasteiger partial charge in [0, 0.05) is 16.8 Å². The maximum absolute atomic E-state index is 12.4. The van der Waals surface area contributed by atoms with E-state index in [2.05, 4.69) is 4.72 Å². The number of phenols is 3. The van der Waals surface area contributed by atoms with Crippen LogP contribution in [0.5, 0.6) is 17.2 Å². The van der Waals surface area contributed by atoms with Gasteiger partial charge in [-0.15, -0.1) is 0 Å². The Morgan fingerprint density at radius 1 is 0.862 bits per heavy atom. The number of anilines is 1. The van der Waals surface area contributed by atoms with Gasteiger partial charge in [-0.1, -0.05) is 12.1 Å². The molecular weight excluding hydrogens is 394 g/mol. The molecule has 0 aliphatic carbocycles. The molecule has 0 saturated carbocycles. The van der Waals surface area contributed by atoms with Crippen molar-refractivity contribution < 1.29 is 28.5 Å². The third kappa shape index (κ3) is 4.94. The molecule has 8 heteroatoms. The number of carbonyl (C=O) groups is 1. The number of sulfonamides is 1. The summed E-state index contributed by atoms with van der Waals surface area (Å²) >= 11 is 0. The third-order valence-electron chi connectivity index (χ3n) is 3.97. The van der Waals surface area contributed by atoms with Crippen LogP contribution in [0.15, 0.2) is 77.7 Å². The van der Waals surface area contributed by atoms with Crippen LogP contribution in [0.3, 0.4) is 0 Å². The Morgan fingerprint density at radius 3 is 2.28 bits per heavy atom. The van der Waals surface area contributed by atoms with E-state index in [1.807, 2.05) is 0 Å². The van der Waals surface area contributed by atoms with E-state index in [0.717, 1.165) is 0 Å². The third-order valence-corrected chi connectivity index (χ3v) is 5.37. The fraction of sp³-hybridized carbons (Fsp3) is 0. The second kappa shape index (κ2) is 8.07. The van der Waals surface area contributed by atoms with Crippen molar-refractivity contribution in [1.82, 2.24) is 0 Å². The maximum atomic E-state index is 12.4. The van der Waals surface area contributed by atoms with Crippen molar-refractivity contribution >= 4 is 27.6 Å². The van der Waals surface area contributed by atoms with Crippen LogP contribution in [0.25, 0.3) is 6.08 Å². The Balaban J connectivity index is 1.80. The smallest absolute Gasteiger partial charge is 0.261 e. The van der Waals surface area contributed by atoms with Gasteiger partial charge in [0.2, 0.25) is 0 Å². The highest BCUT2D eigenvalue weighted by Crippen LogP contribution is 2.24. The minimum absolute atomic E-state index is 0.0358. The number of allylic oxidation sites excluding steroid dienone is 1. The monoisotopic (exact) mass is 411 g/mol. The van der Waals surface area contributed by atoms with Crippen LogP contribution in [0, 0.1) is 0 Å². The fourth-order valence-electron chi connectivity index (χ4n) is 2.51. The lowest BCUT2D eigenvalue weighted by atomic mass is 10.1. The zero-order valence-electron chi connectivity index (χ0n) is 15.0. The summed E-state index contributed by atoms with van der Waals surface area (Å²) in [4.78, 5) is 12.4. The fourth-order valence-corrected chi connectivity index (χ4v) is 3.56. The quantitative estimate of drug-likeness (QED) is 0.280. The predicted octanol–water partition coefficient (Wildman–Crippen LogP) is 3.50. The van der Waals surface area contributed by atoms with Crippen LogP contribution in [0.2, 0.25) is 0 Å². The van der Waals surface area contributed by atoms with Gasteiger partial charge in [0.15, 0.2) is 5.78 Å². The summed E-state index contributed by atoms with van der Waals surface area (Å²) in [6, 6.07) is 14.9. The van der Waals surface area contributed by atoms with Gasteiger partial charge < -0.3 is 15.3 Å². The van der Waals surface area contributed by atoms with E-state index in [1.165, 1.54) is 78.9 Å². The molecule has 0 bridgehead atoms. The number of aromatic hydroxyl groups is 3. The molecule has 29 heavy (non-hydrogen) atoms. The van der Waals surface area contributed by atoms with Crippen molar-refractivity contribution in [2.24, 2.45) is 0 Å². The first-order chi connectivity index (χ1) is 13.7. The summed E-state index contributed by atoms with van der Waals surface area (Å²) in [5.41, 5.74) is 0.687. The molecule has 0 aliphatic heterocycles. The second-order valence-corrected chi connectivity index (χ2v) is 7.80. The molecule has 0 unspecified atom stereocenters. The lowest BCUT2D eigenvalue weighted by Crippen LogP contribution is -2.13. The number of hydrogen-bond donors (Lipinski definition) is 4. The highest BCUT2D eigenvalue weighted by molar-refractivity contribution is 7.92. The molecule has 0 aliphatic rings. The van der Waals surface area contributed by atoms with Crippen molar-refractivity contribution in [2.75, 3.05) is 4.72 Å². The number of rotatable bonds is 6. The highest BCUT2D eigenvalue weighted by atomic mass is 32.2. The van der Waals surface area contributed by atoms with Crippen molar-refractivity contribution in [1.29, 1.82) is 0 Å². The molecule has 0 atom stereocenters. The molecule has 0 spiro atoms. The van der Waals surface area contributed by atoms with E-state index in [9.17, 15) is 28.5 Å². The Bertz CT molecular complexity index is 1180. The van der Waals surface area contributed by atoms with E-state index < -0.39 is 15.8 Å². The molecule has 0 saturated heterocycles. The molecule has 148 valence electrons. The molecule has 0 radical (unpaired) electrons. The van der Waals surface area contributed by atoms with E-state index in [-0.39, 0.29) is 39.0 Å². The van der Waals surface area contributed by atoms with Crippen molar-refractivity contribution in [3.63, 3.8) is 0 Å². The summed E-state index contributed by atoms with van der Waals surface area (Å²) in [5.74, 6) is -0.623. The van der Waals surface area contributed by atoms with Gasteiger partial charge in [-0.25, -0.2) is 8.42 Å². The first-order valence-electron chi connectivity index (χ1n) is 8.41. The minimum atomic E-state index is -3.89. The summed E-state index contributed by atoms with van der Waals surface area (Å²) in [6.45, 7) is 0. The number of ketones is 1. The van der Waals surface area contributed by atoms with Crippen LogP contribution >= 0.6 is 0 Å². The number of nitrogens with one attached hydrogen (secondary N) is 1. The van der Waals surface area contributed by atoms with E-state index in [4.69, 9.17) is 0 Å². The average Bonchev–Trinajstić information content (AvgIpc) is 2.68. The Labute approximate surface area is 167 Å². The number of benzene rings is 3.